The first-order valence-electron chi connectivity index (χ1n) is 7.10. The number of aliphatic hydroxyl groups excluding tert-OH is 1. The zero-order valence-electron chi connectivity index (χ0n) is 12.4. The average molecular weight is 273 g/mol. The second kappa shape index (κ2) is 6.68. The van der Waals surface area contributed by atoms with Crippen LogP contribution in [0.1, 0.15) is 19.4 Å². The fourth-order valence-corrected chi connectivity index (χ4v) is 2.35. The number of nitrogens with one attached hydrogen (secondary N) is 1. The average Bonchev–Trinajstić information content (AvgIpc) is 2.43. The van der Waals surface area contributed by atoms with Gasteiger partial charge in [-0.05, 0) is 25.6 Å². The number of anilines is 1. The molecule has 1 aromatic heterocycles. The Balaban J connectivity index is 2.42. The van der Waals surface area contributed by atoms with Crippen LogP contribution >= 0.6 is 0 Å². The highest BCUT2D eigenvalue weighted by atomic mass is 16.3. The molecule has 0 aliphatic rings. The summed E-state index contributed by atoms with van der Waals surface area (Å²) in [5.41, 5.74) is 2.15. The van der Waals surface area contributed by atoms with Crippen LogP contribution in [-0.2, 0) is 6.54 Å². The molecule has 1 unspecified atom stereocenters. The summed E-state index contributed by atoms with van der Waals surface area (Å²) >= 11 is 0. The zero-order chi connectivity index (χ0) is 14.5. The van der Waals surface area contributed by atoms with Gasteiger partial charge in [0.25, 0.3) is 0 Å². The van der Waals surface area contributed by atoms with Crippen molar-refractivity contribution in [3.8, 4) is 0 Å². The van der Waals surface area contributed by atoms with Crippen molar-refractivity contribution in [2.45, 2.75) is 26.5 Å². The highest BCUT2D eigenvalue weighted by molar-refractivity contribution is 5.81. The molecule has 2 N–H and O–H groups in total. The lowest BCUT2D eigenvalue weighted by atomic mass is 10.1. The lowest BCUT2D eigenvalue weighted by molar-refractivity contribution is 0.201. The van der Waals surface area contributed by atoms with Gasteiger partial charge in [0.05, 0.1) is 11.6 Å². The Hall–Kier alpha value is -1.65. The van der Waals surface area contributed by atoms with Crippen molar-refractivity contribution in [1.29, 1.82) is 0 Å². The molecule has 2 aromatic rings. The Morgan fingerprint density at radius 3 is 2.80 bits per heavy atom. The van der Waals surface area contributed by atoms with Crippen LogP contribution in [-0.4, -0.2) is 36.3 Å². The lowest BCUT2D eigenvalue weighted by Gasteiger charge is -2.23. The highest BCUT2D eigenvalue weighted by Gasteiger charge is 2.12. The van der Waals surface area contributed by atoms with Gasteiger partial charge in [0.15, 0.2) is 0 Å². The standard InChI is InChI=1S/C16H23N3O/c1-4-17-10-14-9-13-7-5-6-8-15(13)18-16(14)19(3)11-12(2)20/h5-9,12,17,20H,4,10-11H2,1-3H3. The molecule has 1 aromatic carbocycles. The van der Waals surface area contributed by atoms with Crippen LogP contribution < -0.4 is 10.2 Å². The van der Waals surface area contributed by atoms with Gasteiger partial charge in [-0.1, -0.05) is 25.1 Å². The maximum atomic E-state index is 9.58. The zero-order valence-corrected chi connectivity index (χ0v) is 12.4. The molecule has 0 amide bonds. The molecule has 0 aliphatic carbocycles. The van der Waals surface area contributed by atoms with Crippen molar-refractivity contribution < 1.29 is 5.11 Å². The summed E-state index contributed by atoms with van der Waals surface area (Å²) in [5, 5.41) is 14.1. The Labute approximate surface area is 120 Å². The van der Waals surface area contributed by atoms with Crippen LogP contribution in [0.25, 0.3) is 10.9 Å². The molecule has 1 atom stereocenters. The van der Waals surface area contributed by atoms with E-state index in [0.29, 0.717) is 6.54 Å². The molecule has 4 nitrogen and oxygen atoms in total. The fraction of sp³-hybridized carbons (Fsp3) is 0.438. The Morgan fingerprint density at radius 2 is 2.10 bits per heavy atom. The molecule has 108 valence electrons. The summed E-state index contributed by atoms with van der Waals surface area (Å²) in [5.74, 6) is 0.936. The van der Waals surface area contributed by atoms with Crippen molar-refractivity contribution >= 4 is 16.7 Å². The third kappa shape index (κ3) is 3.46. The molecule has 0 bridgehead atoms. The summed E-state index contributed by atoms with van der Waals surface area (Å²) in [6.45, 7) is 6.17. The third-order valence-corrected chi connectivity index (χ3v) is 3.25. The first-order valence-corrected chi connectivity index (χ1v) is 7.10. The van der Waals surface area contributed by atoms with Crippen molar-refractivity contribution in [2.24, 2.45) is 0 Å². The number of nitrogens with zero attached hydrogens (tertiary/aromatic N) is 2. The van der Waals surface area contributed by atoms with E-state index < -0.39 is 0 Å². The van der Waals surface area contributed by atoms with E-state index in [9.17, 15) is 5.11 Å². The molecular weight excluding hydrogens is 250 g/mol. The molecule has 0 radical (unpaired) electrons. The minimum Gasteiger partial charge on any atom is -0.392 e. The normalized spacial score (nSPS) is 12.6. The first kappa shape index (κ1) is 14.8. The number of aliphatic hydroxyl groups is 1. The van der Waals surface area contributed by atoms with E-state index in [4.69, 9.17) is 4.98 Å². The fourth-order valence-electron chi connectivity index (χ4n) is 2.35. The number of pyridine rings is 1. The van der Waals surface area contributed by atoms with Gasteiger partial charge in [0.2, 0.25) is 0 Å². The van der Waals surface area contributed by atoms with Crippen LogP contribution in [0.15, 0.2) is 30.3 Å². The second-order valence-corrected chi connectivity index (χ2v) is 5.17. The quantitative estimate of drug-likeness (QED) is 0.847. The number of aromatic nitrogens is 1. The smallest absolute Gasteiger partial charge is 0.133 e. The molecular formula is C16H23N3O. The number of fused-ring (bicyclic) bond motifs is 1. The summed E-state index contributed by atoms with van der Waals surface area (Å²) < 4.78 is 0. The topological polar surface area (TPSA) is 48.4 Å². The third-order valence-electron chi connectivity index (χ3n) is 3.25. The van der Waals surface area contributed by atoms with E-state index in [-0.39, 0.29) is 6.10 Å². The number of hydrogen-bond acceptors (Lipinski definition) is 4. The molecule has 0 fully saturated rings. The monoisotopic (exact) mass is 273 g/mol. The maximum absolute atomic E-state index is 9.58. The summed E-state index contributed by atoms with van der Waals surface area (Å²) in [6, 6.07) is 10.3. The van der Waals surface area contributed by atoms with Crippen molar-refractivity contribution in [1.82, 2.24) is 10.3 Å². The Morgan fingerprint density at radius 1 is 1.35 bits per heavy atom. The minimum absolute atomic E-state index is 0.375. The summed E-state index contributed by atoms with van der Waals surface area (Å²) in [6.07, 6.45) is -0.375. The Kier molecular flexibility index (Phi) is 4.93. The second-order valence-electron chi connectivity index (χ2n) is 5.17. The van der Waals surface area contributed by atoms with Crippen molar-refractivity contribution in [3.05, 3.63) is 35.9 Å². The van der Waals surface area contributed by atoms with Gasteiger partial charge in [-0.25, -0.2) is 4.98 Å². The van der Waals surface area contributed by atoms with Crippen molar-refractivity contribution in [2.75, 3.05) is 25.0 Å². The lowest BCUT2D eigenvalue weighted by Crippen LogP contribution is -2.29. The van der Waals surface area contributed by atoms with E-state index in [0.717, 1.165) is 35.4 Å². The van der Waals surface area contributed by atoms with Crippen LogP contribution in [0.3, 0.4) is 0 Å². The highest BCUT2D eigenvalue weighted by Crippen LogP contribution is 2.23. The predicted octanol–water partition coefficient (Wildman–Crippen LogP) is 2.16. The van der Waals surface area contributed by atoms with Crippen LogP contribution in [0, 0.1) is 0 Å². The van der Waals surface area contributed by atoms with Crippen LogP contribution in [0.5, 0.6) is 0 Å². The number of para-hydroxylation sites is 1. The minimum atomic E-state index is -0.375. The molecule has 0 spiro atoms. The van der Waals surface area contributed by atoms with Crippen LogP contribution in [0.4, 0.5) is 5.82 Å². The number of likely N-dealkylation sites (N-methyl/N-ethyl adjacent to an activating group) is 1. The van der Waals surface area contributed by atoms with E-state index >= 15 is 0 Å². The molecule has 20 heavy (non-hydrogen) atoms. The summed E-state index contributed by atoms with van der Waals surface area (Å²) in [7, 11) is 1.97. The Bertz CT molecular complexity index is 569. The van der Waals surface area contributed by atoms with Gasteiger partial charge in [0.1, 0.15) is 5.82 Å². The molecule has 2 rings (SSSR count). The van der Waals surface area contributed by atoms with Gasteiger partial charge in [0, 0.05) is 31.1 Å². The molecule has 0 aliphatic heterocycles. The van der Waals surface area contributed by atoms with Gasteiger partial charge >= 0.3 is 0 Å². The number of benzene rings is 1. The van der Waals surface area contributed by atoms with E-state index in [1.807, 2.05) is 30.1 Å². The predicted molar refractivity (Wildman–Crippen MR) is 84.1 cm³/mol. The maximum Gasteiger partial charge on any atom is 0.133 e. The first-order chi connectivity index (χ1) is 9.61. The number of rotatable bonds is 6. The molecule has 0 saturated heterocycles. The van der Waals surface area contributed by atoms with Crippen molar-refractivity contribution in [3.63, 3.8) is 0 Å². The molecule has 1 heterocycles. The van der Waals surface area contributed by atoms with E-state index in [1.165, 1.54) is 0 Å². The molecule has 4 heteroatoms. The molecule has 0 saturated carbocycles. The van der Waals surface area contributed by atoms with Crippen LogP contribution in [0.2, 0.25) is 0 Å². The summed E-state index contributed by atoms with van der Waals surface area (Å²) in [4.78, 5) is 6.77. The van der Waals surface area contributed by atoms with E-state index in [1.54, 1.807) is 6.92 Å². The van der Waals surface area contributed by atoms with E-state index in [2.05, 4.69) is 24.4 Å². The van der Waals surface area contributed by atoms with Gasteiger partial charge in [-0.3, -0.25) is 0 Å². The van der Waals surface area contributed by atoms with Gasteiger partial charge < -0.3 is 15.3 Å². The SMILES string of the molecule is CCNCc1cc2ccccc2nc1N(C)CC(C)O. The largest absolute Gasteiger partial charge is 0.392 e. The van der Waals surface area contributed by atoms with Gasteiger partial charge in [-0.2, -0.15) is 0 Å². The number of hydrogen-bond donors (Lipinski definition) is 2. The van der Waals surface area contributed by atoms with Gasteiger partial charge in [-0.15, -0.1) is 0 Å².